The van der Waals surface area contributed by atoms with Crippen molar-refractivity contribution in [3.63, 3.8) is 0 Å². The van der Waals surface area contributed by atoms with Crippen LogP contribution in [0.5, 0.6) is 0 Å². The summed E-state index contributed by atoms with van der Waals surface area (Å²) >= 11 is 0. The van der Waals surface area contributed by atoms with Crippen molar-refractivity contribution in [2.24, 2.45) is 0 Å². The largest absolute Gasteiger partial charge is 0.452 e. The van der Waals surface area contributed by atoms with Gasteiger partial charge in [0.1, 0.15) is 11.3 Å². The van der Waals surface area contributed by atoms with Gasteiger partial charge < -0.3 is 14.6 Å². The predicted molar refractivity (Wildman–Crippen MR) is 89.0 cm³/mol. The van der Waals surface area contributed by atoms with Gasteiger partial charge >= 0.3 is 5.97 Å². The normalized spacial score (nSPS) is 11.6. The van der Waals surface area contributed by atoms with E-state index in [9.17, 15) is 14.4 Å². The number of aromatic nitrogens is 1. The number of hydrogen-bond donors (Lipinski definition) is 1. The average Bonchev–Trinajstić information content (AvgIpc) is 2.91. The molecule has 7 nitrogen and oxygen atoms in total. The maximum atomic E-state index is 12.0. The molecule has 0 aliphatic heterocycles. The van der Waals surface area contributed by atoms with Gasteiger partial charge in [-0.1, -0.05) is 35.5 Å². The average molecular weight is 344 g/mol. The summed E-state index contributed by atoms with van der Waals surface area (Å²) in [6.45, 7) is 4.12. The molecule has 0 bridgehead atoms. The molecule has 0 radical (unpaired) electrons. The molecular formula is C18H20N2O5. The summed E-state index contributed by atoms with van der Waals surface area (Å²) < 4.78 is 9.87. The Labute approximate surface area is 145 Å². The van der Waals surface area contributed by atoms with E-state index in [-0.39, 0.29) is 11.3 Å². The molecule has 0 spiro atoms. The number of ketones is 1. The Morgan fingerprint density at radius 2 is 1.88 bits per heavy atom. The summed E-state index contributed by atoms with van der Waals surface area (Å²) in [7, 11) is 0. The summed E-state index contributed by atoms with van der Waals surface area (Å²) in [5.74, 6) is -1.08. The minimum absolute atomic E-state index is 0.172. The second-order valence-corrected chi connectivity index (χ2v) is 5.70. The molecule has 2 aromatic rings. The summed E-state index contributed by atoms with van der Waals surface area (Å²) in [6.07, 6.45) is 0.375. The molecule has 0 aliphatic rings. The zero-order valence-electron chi connectivity index (χ0n) is 14.4. The molecule has 2 rings (SSSR count). The number of nitrogens with zero attached hydrogens (tertiary/aromatic N) is 1. The van der Waals surface area contributed by atoms with Gasteiger partial charge in [0, 0.05) is 0 Å². The highest BCUT2D eigenvalue weighted by Gasteiger charge is 2.22. The van der Waals surface area contributed by atoms with E-state index in [0.29, 0.717) is 17.9 Å². The molecule has 1 atom stereocenters. The van der Waals surface area contributed by atoms with Crippen molar-refractivity contribution in [1.82, 2.24) is 10.5 Å². The Hall–Kier alpha value is -2.96. The van der Waals surface area contributed by atoms with E-state index in [0.717, 1.165) is 5.56 Å². The van der Waals surface area contributed by atoms with Crippen molar-refractivity contribution in [3.05, 3.63) is 52.9 Å². The molecule has 7 heteroatoms. The van der Waals surface area contributed by atoms with E-state index >= 15 is 0 Å². The van der Waals surface area contributed by atoms with Gasteiger partial charge in [0.2, 0.25) is 0 Å². The molecule has 1 aromatic heterocycles. The molecule has 1 aromatic carbocycles. The highest BCUT2D eigenvalue weighted by molar-refractivity contribution is 5.94. The summed E-state index contributed by atoms with van der Waals surface area (Å²) in [4.78, 5) is 35.8. The highest BCUT2D eigenvalue weighted by atomic mass is 16.5. The Kier molecular flexibility index (Phi) is 6.05. The number of carbonyl (C=O) groups excluding carboxylic acids is 3. The van der Waals surface area contributed by atoms with E-state index < -0.39 is 24.5 Å². The van der Waals surface area contributed by atoms with Crippen LogP contribution in [-0.4, -0.2) is 35.5 Å². The van der Waals surface area contributed by atoms with Gasteiger partial charge in [-0.25, -0.2) is 4.79 Å². The van der Waals surface area contributed by atoms with Crippen LogP contribution in [0.2, 0.25) is 0 Å². The number of aryl methyl sites for hydroxylation is 2. The molecular weight excluding hydrogens is 324 g/mol. The van der Waals surface area contributed by atoms with Gasteiger partial charge in [0.15, 0.2) is 12.4 Å². The molecule has 0 saturated carbocycles. The van der Waals surface area contributed by atoms with Crippen LogP contribution in [0.15, 0.2) is 34.9 Å². The minimum atomic E-state index is -0.686. The zero-order valence-corrected chi connectivity index (χ0v) is 14.4. The minimum Gasteiger partial charge on any atom is -0.452 e. The second-order valence-electron chi connectivity index (χ2n) is 5.70. The molecule has 1 N–H and O–H groups in total. The third-order valence-electron chi connectivity index (χ3n) is 3.68. The molecule has 132 valence electrons. The Morgan fingerprint density at radius 3 is 2.44 bits per heavy atom. The fourth-order valence-electron chi connectivity index (χ4n) is 2.36. The third kappa shape index (κ3) is 5.00. The number of rotatable bonds is 7. The predicted octanol–water partition coefficient (Wildman–Crippen LogP) is 1.76. The summed E-state index contributed by atoms with van der Waals surface area (Å²) in [6, 6.07) is 8.67. The monoisotopic (exact) mass is 344 g/mol. The number of nitrogens with one attached hydrogen (secondary N) is 1. The number of esters is 1. The molecule has 0 saturated heterocycles. The van der Waals surface area contributed by atoms with Gasteiger partial charge in [-0.05, 0) is 32.8 Å². The van der Waals surface area contributed by atoms with Crippen LogP contribution >= 0.6 is 0 Å². The van der Waals surface area contributed by atoms with E-state index in [1.807, 2.05) is 30.3 Å². The lowest BCUT2D eigenvalue weighted by molar-refractivity contribution is -0.128. The Bertz CT molecular complexity index is 748. The fraction of sp³-hybridized carbons (Fsp3) is 0.333. The first kappa shape index (κ1) is 18.4. The second kappa shape index (κ2) is 8.23. The van der Waals surface area contributed by atoms with E-state index in [1.54, 1.807) is 13.8 Å². The Morgan fingerprint density at radius 1 is 1.20 bits per heavy atom. The van der Waals surface area contributed by atoms with Gasteiger partial charge in [-0.15, -0.1) is 0 Å². The van der Waals surface area contributed by atoms with Crippen LogP contribution in [0.4, 0.5) is 0 Å². The van der Waals surface area contributed by atoms with Crippen LogP contribution < -0.4 is 5.32 Å². The van der Waals surface area contributed by atoms with Crippen molar-refractivity contribution in [2.45, 2.75) is 33.2 Å². The lowest BCUT2D eigenvalue weighted by Crippen LogP contribution is -2.43. The first-order valence-corrected chi connectivity index (χ1v) is 7.82. The molecule has 25 heavy (non-hydrogen) atoms. The van der Waals surface area contributed by atoms with E-state index in [4.69, 9.17) is 9.26 Å². The zero-order chi connectivity index (χ0) is 18.4. The van der Waals surface area contributed by atoms with E-state index in [1.165, 1.54) is 6.92 Å². The number of amides is 1. The van der Waals surface area contributed by atoms with Gasteiger partial charge in [0.05, 0.1) is 11.7 Å². The maximum Gasteiger partial charge on any atom is 0.344 e. The molecule has 0 aliphatic carbocycles. The highest BCUT2D eigenvalue weighted by Crippen LogP contribution is 2.13. The number of Topliss-reactive ketones (excluding diaryl/α,β-unsaturated/α-hetero) is 1. The van der Waals surface area contributed by atoms with Crippen LogP contribution in [0.3, 0.4) is 0 Å². The summed E-state index contributed by atoms with van der Waals surface area (Å²) in [5.41, 5.74) is 1.53. The lowest BCUT2D eigenvalue weighted by Gasteiger charge is -2.16. The van der Waals surface area contributed by atoms with Crippen molar-refractivity contribution < 1.29 is 23.6 Å². The smallest absolute Gasteiger partial charge is 0.344 e. The molecule has 1 unspecified atom stereocenters. The number of ether oxygens (including phenoxy) is 1. The van der Waals surface area contributed by atoms with Crippen LogP contribution in [-0.2, 0) is 20.7 Å². The Balaban J connectivity index is 1.91. The fourth-order valence-corrected chi connectivity index (χ4v) is 2.36. The van der Waals surface area contributed by atoms with Gasteiger partial charge in [0.25, 0.3) is 5.91 Å². The standard InChI is InChI=1S/C18H20N2O5/c1-11-17(13(3)25-20-11)18(23)24-10-16(22)19-15(12(2)21)9-14-7-5-4-6-8-14/h4-8,15H,9-10H2,1-3H3,(H,19,22). The van der Waals surface area contributed by atoms with Crippen molar-refractivity contribution in [1.29, 1.82) is 0 Å². The first-order valence-electron chi connectivity index (χ1n) is 7.82. The van der Waals surface area contributed by atoms with E-state index in [2.05, 4.69) is 10.5 Å². The maximum absolute atomic E-state index is 12.0. The number of carbonyl (C=O) groups is 3. The van der Waals surface area contributed by atoms with Crippen molar-refractivity contribution >= 4 is 17.7 Å². The van der Waals surface area contributed by atoms with Crippen molar-refractivity contribution in [3.8, 4) is 0 Å². The molecule has 1 amide bonds. The van der Waals surface area contributed by atoms with Crippen molar-refractivity contribution in [2.75, 3.05) is 6.61 Å². The van der Waals surface area contributed by atoms with Gasteiger partial charge in [-0.2, -0.15) is 0 Å². The molecule has 0 fully saturated rings. The first-order chi connectivity index (χ1) is 11.9. The van der Waals surface area contributed by atoms with Crippen LogP contribution in [0, 0.1) is 13.8 Å². The lowest BCUT2D eigenvalue weighted by atomic mass is 10.0. The number of benzene rings is 1. The SMILES string of the molecule is CC(=O)C(Cc1ccccc1)NC(=O)COC(=O)c1c(C)noc1C. The van der Waals surface area contributed by atoms with Gasteiger partial charge in [-0.3, -0.25) is 9.59 Å². The quantitative estimate of drug-likeness (QED) is 0.769. The van der Waals surface area contributed by atoms with Crippen LogP contribution in [0.25, 0.3) is 0 Å². The number of hydrogen-bond acceptors (Lipinski definition) is 6. The van der Waals surface area contributed by atoms with Crippen LogP contribution in [0.1, 0.15) is 34.3 Å². The summed E-state index contributed by atoms with van der Waals surface area (Å²) in [5, 5.41) is 6.25. The third-order valence-corrected chi connectivity index (χ3v) is 3.68. The topological polar surface area (TPSA) is 98.5 Å². The molecule has 1 heterocycles.